The maximum absolute atomic E-state index is 12.7. The first-order valence-electron chi connectivity index (χ1n) is 5.62. The lowest BCUT2D eigenvalue weighted by Crippen LogP contribution is -2.34. The summed E-state index contributed by atoms with van der Waals surface area (Å²) in [5.41, 5.74) is 5.37. The fourth-order valence-electron chi connectivity index (χ4n) is 1.84. The van der Waals surface area contributed by atoms with Crippen molar-refractivity contribution in [2.75, 3.05) is 29.5 Å². The number of thioether (sulfide) groups is 1. The molecule has 0 aromatic carbocycles. The summed E-state index contributed by atoms with van der Waals surface area (Å²) in [6.07, 6.45) is -4.41. The lowest BCUT2D eigenvalue weighted by atomic mass is 10.2. The van der Waals surface area contributed by atoms with E-state index in [9.17, 15) is 13.2 Å². The summed E-state index contributed by atoms with van der Waals surface area (Å²) >= 11 is 1.79. The van der Waals surface area contributed by atoms with Crippen LogP contribution in [0.1, 0.15) is 11.3 Å². The number of hydrogen-bond donors (Lipinski definition) is 1. The molecule has 0 aliphatic carbocycles. The lowest BCUT2D eigenvalue weighted by Gasteiger charge is -2.29. The maximum atomic E-state index is 12.7. The first-order chi connectivity index (χ1) is 8.52. The molecule has 0 amide bonds. The zero-order chi connectivity index (χ0) is 13.2. The van der Waals surface area contributed by atoms with Gasteiger partial charge < -0.3 is 10.6 Å². The number of rotatable bonds is 2. The molecule has 1 aromatic heterocycles. The average molecular weight is 277 g/mol. The molecule has 3 nitrogen and oxygen atoms in total. The topological polar surface area (TPSA) is 42.1 Å². The Morgan fingerprint density at radius 3 is 2.50 bits per heavy atom. The Kier molecular flexibility index (Phi) is 4.01. The van der Waals surface area contributed by atoms with Crippen molar-refractivity contribution in [3.8, 4) is 0 Å². The molecule has 1 aliphatic heterocycles. The Morgan fingerprint density at radius 2 is 1.94 bits per heavy atom. The molecule has 0 bridgehead atoms. The van der Waals surface area contributed by atoms with Crippen LogP contribution < -0.4 is 10.6 Å². The van der Waals surface area contributed by atoms with Gasteiger partial charge >= 0.3 is 6.18 Å². The first kappa shape index (κ1) is 13.5. The Morgan fingerprint density at radius 1 is 1.28 bits per heavy atom. The normalized spacial score (nSPS) is 17.0. The molecule has 2 rings (SSSR count). The third kappa shape index (κ3) is 2.89. The fourth-order valence-corrected chi connectivity index (χ4v) is 2.75. The summed E-state index contributed by atoms with van der Waals surface area (Å²) in [5, 5.41) is 0. The molecule has 2 heterocycles. The number of anilines is 1. The molecular formula is C11H14F3N3S. The molecular weight excluding hydrogens is 263 g/mol. The molecule has 7 heteroatoms. The summed E-state index contributed by atoms with van der Waals surface area (Å²) in [6, 6.07) is 2.41. The van der Waals surface area contributed by atoms with Gasteiger partial charge in [0, 0.05) is 36.7 Å². The number of alkyl halides is 3. The van der Waals surface area contributed by atoms with Crippen LogP contribution in [0, 0.1) is 0 Å². The standard InChI is InChI=1S/C11H14F3N3S/c12-11(13,14)9-2-1-8(7-15)10(16-9)17-3-5-18-6-4-17/h1-2H,3-7,15H2. The Hall–Kier alpha value is -0.950. The molecule has 0 spiro atoms. The molecule has 1 aromatic rings. The van der Waals surface area contributed by atoms with Crippen molar-refractivity contribution in [1.29, 1.82) is 0 Å². The van der Waals surface area contributed by atoms with Gasteiger partial charge in [0.05, 0.1) is 0 Å². The zero-order valence-electron chi connectivity index (χ0n) is 9.70. The minimum atomic E-state index is -4.41. The third-order valence-corrected chi connectivity index (χ3v) is 3.72. The van der Waals surface area contributed by atoms with Gasteiger partial charge in [-0.15, -0.1) is 0 Å². The summed E-state index contributed by atoms with van der Waals surface area (Å²) in [4.78, 5) is 5.63. The van der Waals surface area contributed by atoms with Gasteiger partial charge in [-0.2, -0.15) is 24.9 Å². The van der Waals surface area contributed by atoms with Crippen LogP contribution in [0.5, 0.6) is 0 Å². The highest BCUT2D eigenvalue weighted by Gasteiger charge is 2.33. The second-order valence-electron chi connectivity index (χ2n) is 3.98. The summed E-state index contributed by atoms with van der Waals surface area (Å²) in [5.74, 6) is 2.19. The van der Waals surface area contributed by atoms with Gasteiger partial charge in [-0.1, -0.05) is 6.07 Å². The van der Waals surface area contributed by atoms with Crippen LogP contribution in [0.4, 0.5) is 19.0 Å². The van der Waals surface area contributed by atoms with E-state index >= 15 is 0 Å². The van der Waals surface area contributed by atoms with E-state index in [1.54, 1.807) is 11.8 Å². The predicted octanol–water partition coefficient (Wildman–Crippen LogP) is 2.11. The quantitative estimate of drug-likeness (QED) is 0.899. The molecule has 0 radical (unpaired) electrons. The van der Waals surface area contributed by atoms with Crippen molar-refractivity contribution < 1.29 is 13.2 Å². The Bertz CT molecular complexity index is 416. The van der Waals surface area contributed by atoms with Crippen LogP contribution in [-0.4, -0.2) is 29.6 Å². The van der Waals surface area contributed by atoms with Crippen molar-refractivity contribution in [2.24, 2.45) is 5.73 Å². The van der Waals surface area contributed by atoms with E-state index in [4.69, 9.17) is 5.73 Å². The predicted molar refractivity (Wildman–Crippen MR) is 66.7 cm³/mol. The zero-order valence-corrected chi connectivity index (χ0v) is 10.5. The number of pyridine rings is 1. The third-order valence-electron chi connectivity index (χ3n) is 2.78. The minimum absolute atomic E-state index is 0.199. The first-order valence-corrected chi connectivity index (χ1v) is 6.77. The smallest absolute Gasteiger partial charge is 0.355 e. The van der Waals surface area contributed by atoms with Crippen molar-refractivity contribution in [3.05, 3.63) is 23.4 Å². The molecule has 0 unspecified atom stereocenters. The van der Waals surface area contributed by atoms with Gasteiger partial charge in [-0.05, 0) is 6.07 Å². The molecule has 0 saturated carbocycles. The highest BCUT2D eigenvalue weighted by molar-refractivity contribution is 7.99. The number of nitrogens with zero attached hydrogens (tertiary/aromatic N) is 2. The van der Waals surface area contributed by atoms with Crippen LogP contribution >= 0.6 is 11.8 Å². The second kappa shape index (κ2) is 5.36. The van der Waals surface area contributed by atoms with Crippen molar-refractivity contribution in [1.82, 2.24) is 4.98 Å². The van der Waals surface area contributed by atoms with Crippen molar-refractivity contribution in [3.63, 3.8) is 0 Å². The monoisotopic (exact) mass is 277 g/mol. The van der Waals surface area contributed by atoms with Gasteiger partial charge in [0.1, 0.15) is 11.5 Å². The molecule has 1 fully saturated rings. The molecule has 1 aliphatic rings. The van der Waals surface area contributed by atoms with E-state index in [0.29, 0.717) is 24.5 Å². The van der Waals surface area contributed by atoms with Gasteiger partial charge in [0.15, 0.2) is 0 Å². The Balaban J connectivity index is 2.35. The highest BCUT2D eigenvalue weighted by atomic mass is 32.2. The number of hydrogen-bond acceptors (Lipinski definition) is 4. The fraction of sp³-hybridized carbons (Fsp3) is 0.545. The minimum Gasteiger partial charge on any atom is -0.355 e. The van der Waals surface area contributed by atoms with Crippen LogP contribution in [0.15, 0.2) is 12.1 Å². The van der Waals surface area contributed by atoms with E-state index < -0.39 is 11.9 Å². The van der Waals surface area contributed by atoms with Crippen LogP contribution in [0.3, 0.4) is 0 Å². The van der Waals surface area contributed by atoms with Gasteiger partial charge in [0.25, 0.3) is 0 Å². The number of aromatic nitrogens is 1. The molecule has 1 saturated heterocycles. The molecule has 100 valence electrons. The van der Waals surface area contributed by atoms with Gasteiger partial charge in [0.2, 0.25) is 0 Å². The van der Waals surface area contributed by atoms with E-state index in [2.05, 4.69) is 4.98 Å². The van der Waals surface area contributed by atoms with Crippen molar-refractivity contribution in [2.45, 2.75) is 12.7 Å². The molecule has 2 N–H and O–H groups in total. The summed E-state index contributed by atoms with van der Waals surface area (Å²) < 4.78 is 38.0. The van der Waals surface area contributed by atoms with Crippen LogP contribution in [0.2, 0.25) is 0 Å². The number of halogens is 3. The molecule has 0 atom stereocenters. The van der Waals surface area contributed by atoms with Gasteiger partial charge in [-0.25, -0.2) is 4.98 Å². The highest BCUT2D eigenvalue weighted by Crippen LogP contribution is 2.31. The second-order valence-corrected chi connectivity index (χ2v) is 5.21. The van der Waals surface area contributed by atoms with Crippen molar-refractivity contribution >= 4 is 17.6 Å². The maximum Gasteiger partial charge on any atom is 0.433 e. The molecule has 18 heavy (non-hydrogen) atoms. The number of nitrogens with two attached hydrogens (primary N) is 1. The average Bonchev–Trinajstić information content (AvgIpc) is 2.38. The van der Waals surface area contributed by atoms with Crippen LogP contribution in [-0.2, 0) is 12.7 Å². The van der Waals surface area contributed by atoms with Crippen LogP contribution in [0.25, 0.3) is 0 Å². The van der Waals surface area contributed by atoms with E-state index in [1.165, 1.54) is 6.07 Å². The SMILES string of the molecule is NCc1ccc(C(F)(F)F)nc1N1CCSCC1. The largest absolute Gasteiger partial charge is 0.433 e. The van der Waals surface area contributed by atoms with Gasteiger partial charge in [-0.3, -0.25) is 0 Å². The Labute approximate surface area is 108 Å². The summed E-state index contributed by atoms with van der Waals surface area (Å²) in [6.45, 7) is 1.63. The lowest BCUT2D eigenvalue weighted by molar-refractivity contribution is -0.141. The summed E-state index contributed by atoms with van der Waals surface area (Å²) in [7, 11) is 0. The van der Waals surface area contributed by atoms with E-state index in [-0.39, 0.29) is 6.54 Å². The van der Waals surface area contributed by atoms with E-state index in [0.717, 1.165) is 17.6 Å². The van der Waals surface area contributed by atoms with E-state index in [1.807, 2.05) is 4.90 Å².